The second-order valence-electron chi connectivity index (χ2n) is 5.75. The normalized spacial score (nSPS) is 15.4. The standard InChI is InChI=1S/C15H20N6O3/c1-2-24-15(23)11-13-20-19-10(12(16)21(13)8-17-11)14(22)18-9-6-4-3-5-7-9/h8-9H,2-7,16H2,1H3,(H,18,22). The zero-order valence-electron chi connectivity index (χ0n) is 13.5. The summed E-state index contributed by atoms with van der Waals surface area (Å²) in [4.78, 5) is 28.2. The Kier molecular flexibility index (Phi) is 4.59. The molecule has 1 aliphatic rings. The molecule has 1 saturated carbocycles. The van der Waals surface area contributed by atoms with Crippen molar-refractivity contribution in [3.63, 3.8) is 0 Å². The molecule has 128 valence electrons. The Morgan fingerprint density at radius 1 is 1.29 bits per heavy atom. The van der Waals surface area contributed by atoms with Gasteiger partial charge in [0.05, 0.1) is 6.61 Å². The van der Waals surface area contributed by atoms with Gasteiger partial charge in [-0.2, -0.15) is 0 Å². The first kappa shape index (κ1) is 16.2. The number of nitrogens with one attached hydrogen (secondary N) is 1. The van der Waals surface area contributed by atoms with Gasteiger partial charge >= 0.3 is 5.97 Å². The molecule has 3 N–H and O–H groups in total. The molecule has 0 aliphatic heterocycles. The maximum atomic E-state index is 12.4. The first-order valence-corrected chi connectivity index (χ1v) is 8.09. The number of nitrogens with zero attached hydrogens (tertiary/aromatic N) is 4. The second-order valence-corrected chi connectivity index (χ2v) is 5.75. The molecule has 1 fully saturated rings. The summed E-state index contributed by atoms with van der Waals surface area (Å²) >= 11 is 0. The fraction of sp³-hybridized carbons (Fsp3) is 0.533. The van der Waals surface area contributed by atoms with Crippen molar-refractivity contribution in [2.75, 3.05) is 12.3 Å². The van der Waals surface area contributed by atoms with E-state index in [4.69, 9.17) is 10.5 Å². The van der Waals surface area contributed by atoms with Crippen molar-refractivity contribution >= 4 is 23.3 Å². The number of nitrogens with two attached hydrogens (primary N) is 1. The van der Waals surface area contributed by atoms with Crippen molar-refractivity contribution in [2.45, 2.75) is 45.1 Å². The highest BCUT2D eigenvalue weighted by Crippen LogP contribution is 2.19. The van der Waals surface area contributed by atoms with Crippen LogP contribution < -0.4 is 11.1 Å². The summed E-state index contributed by atoms with van der Waals surface area (Å²) in [5.74, 6) is -0.871. The molecule has 3 rings (SSSR count). The fourth-order valence-electron chi connectivity index (χ4n) is 2.88. The Bertz CT molecular complexity index is 766. The second kappa shape index (κ2) is 6.81. The number of esters is 1. The molecule has 0 aromatic carbocycles. The number of amides is 1. The number of carbonyl (C=O) groups excluding carboxylic acids is 2. The topological polar surface area (TPSA) is 124 Å². The molecular formula is C15H20N6O3. The summed E-state index contributed by atoms with van der Waals surface area (Å²) in [5, 5.41) is 10.8. The number of carbonyl (C=O) groups is 2. The van der Waals surface area contributed by atoms with Crippen LogP contribution in [0, 0.1) is 0 Å². The lowest BCUT2D eigenvalue weighted by Gasteiger charge is -2.22. The van der Waals surface area contributed by atoms with E-state index in [1.165, 1.54) is 17.1 Å². The fourth-order valence-corrected chi connectivity index (χ4v) is 2.88. The molecule has 9 heteroatoms. The third-order valence-corrected chi connectivity index (χ3v) is 4.11. The third kappa shape index (κ3) is 3.01. The first-order valence-electron chi connectivity index (χ1n) is 8.09. The van der Waals surface area contributed by atoms with E-state index < -0.39 is 5.97 Å². The number of ether oxygens (including phenoxy) is 1. The average Bonchev–Trinajstić information content (AvgIpc) is 3.01. The molecule has 0 unspecified atom stereocenters. The number of hydrogen-bond acceptors (Lipinski definition) is 7. The molecule has 0 saturated heterocycles. The quantitative estimate of drug-likeness (QED) is 0.798. The minimum absolute atomic E-state index is 0.0234. The smallest absolute Gasteiger partial charge is 0.360 e. The van der Waals surface area contributed by atoms with Crippen molar-refractivity contribution < 1.29 is 14.3 Å². The number of rotatable bonds is 4. The highest BCUT2D eigenvalue weighted by Gasteiger charge is 2.23. The van der Waals surface area contributed by atoms with E-state index in [9.17, 15) is 9.59 Å². The highest BCUT2D eigenvalue weighted by atomic mass is 16.5. The minimum Gasteiger partial charge on any atom is -0.461 e. The largest absolute Gasteiger partial charge is 0.461 e. The van der Waals surface area contributed by atoms with Crippen LogP contribution in [0.25, 0.3) is 5.65 Å². The zero-order valence-corrected chi connectivity index (χ0v) is 13.5. The van der Waals surface area contributed by atoms with Crippen molar-refractivity contribution in [1.29, 1.82) is 0 Å². The molecule has 1 aliphatic carbocycles. The van der Waals surface area contributed by atoms with Gasteiger partial charge in [0.2, 0.25) is 0 Å². The van der Waals surface area contributed by atoms with Gasteiger partial charge in [0.25, 0.3) is 5.91 Å². The van der Waals surface area contributed by atoms with Crippen LogP contribution in [-0.2, 0) is 4.74 Å². The molecule has 9 nitrogen and oxygen atoms in total. The Balaban J connectivity index is 1.86. The number of anilines is 1. The molecule has 2 aromatic rings. The van der Waals surface area contributed by atoms with Crippen LogP contribution in [0.3, 0.4) is 0 Å². The van der Waals surface area contributed by atoms with Gasteiger partial charge in [0, 0.05) is 6.04 Å². The summed E-state index contributed by atoms with van der Waals surface area (Å²) in [6.45, 7) is 1.92. The molecule has 2 heterocycles. The number of aromatic nitrogens is 4. The van der Waals surface area contributed by atoms with Gasteiger partial charge in [0.1, 0.15) is 12.1 Å². The van der Waals surface area contributed by atoms with Crippen LogP contribution in [0.1, 0.15) is 60.0 Å². The Morgan fingerprint density at radius 3 is 2.75 bits per heavy atom. The molecule has 24 heavy (non-hydrogen) atoms. The lowest BCUT2D eigenvalue weighted by molar-refractivity contribution is 0.0522. The van der Waals surface area contributed by atoms with E-state index in [1.807, 2.05) is 0 Å². The van der Waals surface area contributed by atoms with Gasteiger partial charge in [-0.25, -0.2) is 9.78 Å². The minimum atomic E-state index is -0.604. The van der Waals surface area contributed by atoms with Crippen LogP contribution in [0.2, 0.25) is 0 Å². The summed E-state index contributed by atoms with van der Waals surface area (Å²) in [7, 11) is 0. The molecular weight excluding hydrogens is 312 g/mol. The van der Waals surface area contributed by atoms with Crippen molar-refractivity contribution in [2.24, 2.45) is 0 Å². The van der Waals surface area contributed by atoms with Crippen molar-refractivity contribution in [1.82, 2.24) is 24.9 Å². The lowest BCUT2D eigenvalue weighted by atomic mass is 9.95. The highest BCUT2D eigenvalue weighted by molar-refractivity contribution is 5.98. The number of hydrogen-bond donors (Lipinski definition) is 2. The Hall–Kier alpha value is -2.71. The summed E-state index contributed by atoms with van der Waals surface area (Å²) in [5.41, 5.74) is 6.24. The van der Waals surface area contributed by atoms with E-state index in [-0.39, 0.29) is 41.4 Å². The molecule has 0 radical (unpaired) electrons. The van der Waals surface area contributed by atoms with E-state index in [0.717, 1.165) is 25.7 Å². The van der Waals surface area contributed by atoms with Crippen LogP contribution in [0.15, 0.2) is 6.33 Å². The summed E-state index contributed by atoms with van der Waals surface area (Å²) < 4.78 is 6.28. The SMILES string of the molecule is CCOC(=O)c1ncn2c(N)c(C(=O)NC3CCCCC3)nnc12. The molecule has 0 atom stereocenters. The van der Waals surface area contributed by atoms with Crippen LogP contribution in [-0.4, -0.2) is 44.1 Å². The van der Waals surface area contributed by atoms with E-state index in [2.05, 4.69) is 20.5 Å². The van der Waals surface area contributed by atoms with E-state index in [1.54, 1.807) is 6.92 Å². The van der Waals surface area contributed by atoms with Gasteiger partial charge in [-0.1, -0.05) is 19.3 Å². The molecule has 0 spiro atoms. The van der Waals surface area contributed by atoms with Gasteiger partial charge in [0.15, 0.2) is 17.0 Å². The maximum Gasteiger partial charge on any atom is 0.360 e. The van der Waals surface area contributed by atoms with Crippen LogP contribution in [0.4, 0.5) is 5.82 Å². The van der Waals surface area contributed by atoms with Gasteiger partial charge < -0.3 is 15.8 Å². The van der Waals surface area contributed by atoms with Crippen molar-refractivity contribution in [3.05, 3.63) is 17.7 Å². The van der Waals surface area contributed by atoms with Gasteiger partial charge in [-0.3, -0.25) is 9.20 Å². The molecule has 2 aromatic heterocycles. The Labute approximate surface area is 138 Å². The average molecular weight is 332 g/mol. The van der Waals surface area contributed by atoms with Crippen LogP contribution >= 0.6 is 0 Å². The Morgan fingerprint density at radius 2 is 2.04 bits per heavy atom. The number of imidazole rings is 1. The maximum absolute atomic E-state index is 12.4. The van der Waals surface area contributed by atoms with Crippen molar-refractivity contribution in [3.8, 4) is 0 Å². The number of fused-ring (bicyclic) bond motifs is 1. The van der Waals surface area contributed by atoms with Crippen LogP contribution in [0.5, 0.6) is 0 Å². The molecule has 1 amide bonds. The predicted molar refractivity (Wildman–Crippen MR) is 85.5 cm³/mol. The third-order valence-electron chi connectivity index (χ3n) is 4.11. The summed E-state index contributed by atoms with van der Waals surface area (Å²) in [6, 6.07) is 0.140. The van der Waals surface area contributed by atoms with Gasteiger partial charge in [-0.05, 0) is 19.8 Å². The number of nitrogen functional groups attached to an aromatic ring is 1. The summed E-state index contributed by atoms with van der Waals surface area (Å²) in [6.07, 6.45) is 6.67. The zero-order chi connectivity index (χ0) is 17.1. The van der Waals surface area contributed by atoms with Gasteiger partial charge in [-0.15, -0.1) is 10.2 Å². The molecule has 0 bridgehead atoms. The lowest BCUT2D eigenvalue weighted by Crippen LogP contribution is -2.37. The predicted octanol–water partition coefficient (Wildman–Crippen LogP) is 0.946. The van der Waals surface area contributed by atoms with E-state index in [0.29, 0.717) is 0 Å². The monoisotopic (exact) mass is 332 g/mol. The first-order chi connectivity index (χ1) is 11.6. The van der Waals surface area contributed by atoms with E-state index >= 15 is 0 Å².